The molecule has 0 aliphatic carbocycles. The van der Waals surface area contributed by atoms with Gasteiger partial charge in [0.15, 0.2) is 0 Å². The van der Waals surface area contributed by atoms with Crippen LogP contribution in [0.25, 0.3) is 20.8 Å². The lowest BCUT2D eigenvalue weighted by atomic mass is 10.1. The Morgan fingerprint density at radius 1 is 0.974 bits per heavy atom. The number of aromatic nitrogens is 1. The number of rotatable bonds is 6. The van der Waals surface area contributed by atoms with Gasteiger partial charge in [0.25, 0.3) is 5.91 Å². The number of allylic oxidation sites excluding steroid dienone is 2. The molecule has 0 unspecified atom stereocenters. The van der Waals surface area contributed by atoms with E-state index in [0.717, 1.165) is 43.7 Å². The molecule has 38 heavy (non-hydrogen) atoms. The van der Waals surface area contributed by atoms with Crippen LogP contribution in [0.2, 0.25) is 0 Å². The van der Waals surface area contributed by atoms with E-state index in [1.165, 1.54) is 11.8 Å². The van der Waals surface area contributed by atoms with Crippen molar-refractivity contribution in [3.8, 4) is 10.6 Å². The fourth-order valence-corrected chi connectivity index (χ4v) is 7.00. The van der Waals surface area contributed by atoms with Crippen molar-refractivity contribution in [2.24, 2.45) is 0 Å². The van der Waals surface area contributed by atoms with E-state index in [-0.39, 0.29) is 12.5 Å². The number of likely N-dealkylation sites (N-methyl/N-ethyl adjacent to an activating group) is 1. The number of para-hydroxylation sites is 2. The number of anilines is 3. The highest BCUT2D eigenvalue weighted by atomic mass is 32.2. The smallest absolute Gasteiger partial charge is 0.266 e. The number of aliphatic hydroxyl groups is 1. The zero-order valence-electron chi connectivity index (χ0n) is 20.6. The first kappa shape index (κ1) is 24.8. The number of aliphatic hydroxyl groups excluding tert-OH is 1. The minimum atomic E-state index is -0.0760. The maximum Gasteiger partial charge on any atom is 0.266 e. The van der Waals surface area contributed by atoms with Crippen LogP contribution in [0.4, 0.5) is 17.1 Å². The number of hydrogen-bond donors (Lipinski definition) is 1. The molecule has 4 aromatic rings. The van der Waals surface area contributed by atoms with Crippen LogP contribution in [0, 0.1) is 0 Å². The third-order valence-corrected chi connectivity index (χ3v) is 8.95. The SMILES string of the molecule is CCN1C(=O)/C(=C/C=C2\N(CCO)c3cc(-c4nc5ccccc5s4)ccc3N2c2ccccc2)SC1=S. The quantitative estimate of drug-likeness (QED) is 0.214. The normalized spacial score (nSPS) is 17.5. The number of amides is 1. The van der Waals surface area contributed by atoms with Gasteiger partial charge in [0.05, 0.1) is 33.1 Å². The summed E-state index contributed by atoms with van der Waals surface area (Å²) in [5.74, 6) is 0.774. The van der Waals surface area contributed by atoms with Crippen molar-refractivity contribution in [3.63, 3.8) is 0 Å². The third kappa shape index (κ3) is 4.31. The third-order valence-electron chi connectivity index (χ3n) is 6.47. The Morgan fingerprint density at radius 2 is 1.76 bits per heavy atom. The largest absolute Gasteiger partial charge is 0.395 e. The molecule has 0 saturated carbocycles. The van der Waals surface area contributed by atoms with Crippen LogP contribution in [0.15, 0.2) is 95.7 Å². The number of thiocarbonyl (C=S) groups is 1. The van der Waals surface area contributed by atoms with Crippen LogP contribution in [0.5, 0.6) is 0 Å². The van der Waals surface area contributed by atoms with Crippen molar-refractivity contribution in [1.29, 1.82) is 0 Å². The zero-order valence-corrected chi connectivity index (χ0v) is 23.0. The van der Waals surface area contributed by atoms with E-state index < -0.39 is 0 Å². The van der Waals surface area contributed by atoms with Crippen molar-refractivity contribution in [1.82, 2.24) is 9.88 Å². The number of hydrogen-bond acceptors (Lipinski definition) is 8. The highest BCUT2D eigenvalue weighted by Crippen LogP contribution is 2.48. The summed E-state index contributed by atoms with van der Waals surface area (Å²) < 4.78 is 1.72. The molecule has 2 aliphatic heterocycles. The number of carbonyl (C=O) groups is 1. The highest BCUT2D eigenvalue weighted by molar-refractivity contribution is 8.26. The lowest BCUT2D eigenvalue weighted by molar-refractivity contribution is -0.122. The van der Waals surface area contributed by atoms with E-state index in [0.29, 0.717) is 22.3 Å². The van der Waals surface area contributed by atoms with Crippen LogP contribution in [-0.2, 0) is 4.79 Å². The molecule has 6 nitrogen and oxygen atoms in total. The Morgan fingerprint density at radius 3 is 2.50 bits per heavy atom. The van der Waals surface area contributed by atoms with Crippen LogP contribution in [0.1, 0.15) is 6.92 Å². The Hall–Kier alpha value is -3.50. The van der Waals surface area contributed by atoms with Gasteiger partial charge in [-0.2, -0.15) is 0 Å². The van der Waals surface area contributed by atoms with E-state index in [4.69, 9.17) is 17.2 Å². The topological polar surface area (TPSA) is 59.9 Å². The molecule has 0 spiro atoms. The Bertz CT molecular complexity index is 1580. The molecule has 3 heterocycles. The van der Waals surface area contributed by atoms with E-state index in [1.807, 2.05) is 55.5 Å². The molecule has 0 atom stereocenters. The molecular formula is C29H24N4O2S3. The summed E-state index contributed by atoms with van der Waals surface area (Å²) in [5.41, 5.74) is 4.96. The highest BCUT2D eigenvalue weighted by Gasteiger charge is 2.34. The molecule has 2 aliphatic rings. The number of thiazole rings is 1. The van der Waals surface area contributed by atoms with Gasteiger partial charge in [0.2, 0.25) is 0 Å². The molecule has 1 saturated heterocycles. The Labute approximate surface area is 234 Å². The first-order valence-electron chi connectivity index (χ1n) is 12.3. The maximum atomic E-state index is 12.9. The number of nitrogens with zero attached hydrogens (tertiary/aromatic N) is 4. The van der Waals surface area contributed by atoms with Gasteiger partial charge >= 0.3 is 0 Å². The molecule has 9 heteroatoms. The molecule has 3 aromatic carbocycles. The zero-order chi connectivity index (χ0) is 26.2. The van der Waals surface area contributed by atoms with Crippen LogP contribution in [0.3, 0.4) is 0 Å². The lowest BCUT2D eigenvalue weighted by Gasteiger charge is -2.25. The van der Waals surface area contributed by atoms with Gasteiger partial charge in [0, 0.05) is 24.3 Å². The summed E-state index contributed by atoms with van der Waals surface area (Å²) in [6, 6.07) is 24.6. The van der Waals surface area contributed by atoms with Gasteiger partial charge in [-0.1, -0.05) is 54.3 Å². The van der Waals surface area contributed by atoms with Crippen molar-refractivity contribution in [2.45, 2.75) is 6.92 Å². The number of carbonyl (C=O) groups excluding carboxylic acids is 1. The predicted molar refractivity (Wildman–Crippen MR) is 162 cm³/mol. The average Bonchev–Trinajstić information content (AvgIpc) is 3.59. The molecule has 1 aromatic heterocycles. The van der Waals surface area contributed by atoms with E-state index in [2.05, 4.69) is 46.2 Å². The predicted octanol–water partition coefficient (Wildman–Crippen LogP) is 6.52. The summed E-state index contributed by atoms with van der Waals surface area (Å²) in [7, 11) is 0. The van der Waals surface area contributed by atoms with Crippen molar-refractivity contribution in [3.05, 3.63) is 95.7 Å². The molecular weight excluding hydrogens is 533 g/mol. The summed E-state index contributed by atoms with van der Waals surface area (Å²) in [6.45, 7) is 2.84. The second-order valence-electron chi connectivity index (χ2n) is 8.71. The second-order valence-corrected chi connectivity index (χ2v) is 11.4. The summed E-state index contributed by atoms with van der Waals surface area (Å²) in [6.07, 6.45) is 3.78. The van der Waals surface area contributed by atoms with Gasteiger partial charge in [-0.3, -0.25) is 14.6 Å². The number of fused-ring (bicyclic) bond motifs is 2. The second kappa shape index (κ2) is 10.3. The van der Waals surface area contributed by atoms with Gasteiger partial charge in [-0.25, -0.2) is 4.98 Å². The minimum absolute atomic E-state index is 0.0251. The molecule has 1 N–H and O–H groups in total. The van der Waals surface area contributed by atoms with Crippen molar-refractivity contribution in [2.75, 3.05) is 29.5 Å². The average molecular weight is 557 g/mol. The first-order valence-corrected chi connectivity index (χ1v) is 14.3. The standard InChI is InChI=1S/C29H24N4O2S3/c1-2-31-28(35)25(38-29(31)36)14-15-26-32(16-17-34)23-18-19(27-30-21-10-6-7-11-24(21)37-27)12-13-22(23)33(26)20-8-4-3-5-9-20/h3-15,18,34H,2,16-17H2,1H3/b25-14-,26-15+. The lowest BCUT2D eigenvalue weighted by Crippen LogP contribution is -2.28. The van der Waals surface area contributed by atoms with Crippen molar-refractivity contribution < 1.29 is 9.90 Å². The monoisotopic (exact) mass is 556 g/mol. The Balaban J connectivity index is 1.47. The molecule has 0 radical (unpaired) electrons. The Kier molecular flexibility index (Phi) is 6.75. The number of β-amino-alcohol motifs (C(OH)–C–C–N with tert-alkyl or cyclic N) is 1. The fourth-order valence-electron chi connectivity index (χ4n) is 4.71. The van der Waals surface area contributed by atoms with Crippen LogP contribution >= 0.6 is 35.3 Å². The van der Waals surface area contributed by atoms with Gasteiger partial charge in [0.1, 0.15) is 15.1 Å². The van der Waals surface area contributed by atoms with Crippen LogP contribution < -0.4 is 9.80 Å². The number of thioether (sulfide) groups is 1. The van der Waals surface area contributed by atoms with E-state index in [9.17, 15) is 9.90 Å². The van der Waals surface area contributed by atoms with Gasteiger partial charge in [-0.05, 0) is 61.5 Å². The molecule has 0 bridgehead atoms. The first-order chi connectivity index (χ1) is 18.6. The number of benzene rings is 3. The molecule has 190 valence electrons. The van der Waals surface area contributed by atoms with E-state index >= 15 is 0 Å². The van der Waals surface area contributed by atoms with E-state index in [1.54, 1.807) is 16.2 Å². The fraction of sp³-hybridized carbons (Fsp3) is 0.138. The molecule has 1 amide bonds. The van der Waals surface area contributed by atoms with Crippen LogP contribution in [-0.4, -0.2) is 44.9 Å². The maximum absolute atomic E-state index is 12.9. The minimum Gasteiger partial charge on any atom is -0.395 e. The molecule has 1 fully saturated rings. The van der Waals surface area contributed by atoms with Gasteiger partial charge in [-0.15, -0.1) is 11.3 Å². The van der Waals surface area contributed by atoms with Crippen molar-refractivity contribution >= 4 is 72.8 Å². The summed E-state index contributed by atoms with van der Waals surface area (Å²) >= 11 is 8.38. The van der Waals surface area contributed by atoms with Gasteiger partial charge < -0.3 is 10.0 Å². The summed E-state index contributed by atoms with van der Waals surface area (Å²) in [4.78, 5) is 24.2. The molecule has 6 rings (SSSR count). The summed E-state index contributed by atoms with van der Waals surface area (Å²) in [5, 5.41) is 11.0.